The second-order valence-electron chi connectivity index (χ2n) is 9.72. The molecule has 4 aromatic rings. The molecule has 6 nitrogen and oxygen atoms in total. The number of nitrogens with zero attached hydrogens (tertiary/aromatic N) is 4. The Bertz CT molecular complexity index is 1440. The molecule has 2 aromatic carbocycles. The van der Waals surface area contributed by atoms with E-state index in [1.54, 1.807) is 17.4 Å². The number of rotatable bonds is 7. The van der Waals surface area contributed by atoms with Crippen LogP contribution >= 0.6 is 11.3 Å². The highest BCUT2D eigenvalue weighted by molar-refractivity contribution is 7.17. The largest absolute Gasteiger partial charge is 0.437 e. The Morgan fingerprint density at radius 3 is 2.51 bits per heavy atom. The summed E-state index contributed by atoms with van der Waals surface area (Å²) in [6, 6.07) is 17.2. The van der Waals surface area contributed by atoms with Crippen molar-refractivity contribution in [2.75, 3.05) is 18.4 Å². The van der Waals surface area contributed by atoms with Crippen molar-refractivity contribution in [2.45, 2.75) is 46.2 Å². The number of nitriles is 1. The number of anilines is 1. The van der Waals surface area contributed by atoms with Crippen LogP contribution in [0.15, 0.2) is 53.9 Å². The smallest absolute Gasteiger partial charge is 0.242 e. The predicted molar refractivity (Wildman–Crippen MR) is 151 cm³/mol. The maximum Gasteiger partial charge on any atom is 0.242 e. The molecule has 188 valence electrons. The fourth-order valence-electron chi connectivity index (χ4n) is 4.81. The molecule has 1 aliphatic rings. The molecular formula is C30H31N5OS. The Morgan fingerprint density at radius 2 is 1.81 bits per heavy atom. The molecule has 7 heteroatoms. The SMILES string of the molecule is Cc1ccc(CN2CCC(Nc3nc(Oc4c(C)cc(/C=C/C#N)cc4C)c4sccc4n3)CC2)cc1. The molecule has 37 heavy (non-hydrogen) atoms. The maximum absolute atomic E-state index is 8.84. The molecule has 0 atom stereocenters. The lowest BCUT2D eigenvalue weighted by molar-refractivity contribution is 0.211. The van der Waals surface area contributed by atoms with Gasteiger partial charge in [-0.1, -0.05) is 29.8 Å². The van der Waals surface area contributed by atoms with Crippen molar-refractivity contribution in [3.8, 4) is 17.7 Å². The summed E-state index contributed by atoms with van der Waals surface area (Å²) in [5.41, 5.74) is 6.52. The Morgan fingerprint density at radius 1 is 1.08 bits per heavy atom. The molecule has 0 bridgehead atoms. The molecule has 2 aromatic heterocycles. The van der Waals surface area contributed by atoms with Crippen LogP contribution in [0.2, 0.25) is 0 Å². The first-order valence-electron chi connectivity index (χ1n) is 12.6. The Balaban J connectivity index is 1.29. The molecule has 1 saturated heterocycles. The number of hydrogen-bond acceptors (Lipinski definition) is 7. The minimum absolute atomic E-state index is 0.327. The number of thiophene rings is 1. The van der Waals surface area contributed by atoms with Gasteiger partial charge in [0.05, 0.1) is 11.6 Å². The third-order valence-electron chi connectivity index (χ3n) is 6.75. The summed E-state index contributed by atoms with van der Waals surface area (Å²) < 4.78 is 7.35. The summed E-state index contributed by atoms with van der Waals surface area (Å²) in [6.07, 6.45) is 5.38. The average Bonchev–Trinajstić information content (AvgIpc) is 3.36. The summed E-state index contributed by atoms with van der Waals surface area (Å²) in [6.45, 7) is 9.24. The van der Waals surface area contributed by atoms with Gasteiger partial charge >= 0.3 is 0 Å². The molecule has 1 N–H and O–H groups in total. The third kappa shape index (κ3) is 5.99. The lowest BCUT2D eigenvalue weighted by Crippen LogP contribution is -2.39. The molecule has 5 rings (SSSR count). The zero-order valence-electron chi connectivity index (χ0n) is 21.5. The van der Waals surface area contributed by atoms with E-state index in [0.29, 0.717) is 17.9 Å². The first kappa shape index (κ1) is 24.9. The van der Waals surface area contributed by atoms with Gasteiger partial charge in [0.1, 0.15) is 10.4 Å². The minimum Gasteiger partial charge on any atom is -0.437 e. The van der Waals surface area contributed by atoms with Crippen molar-refractivity contribution in [3.05, 3.63) is 81.7 Å². The second-order valence-corrected chi connectivity index (χ2v) is 10.6. The quantitative estimate of drug-likeness (QED) is 0.270. The van der Waals surface area contributed by atoms with Crippen molar-refractivity contribution in [1.29, 1.82) is 5.26 Å². The van der Waals surface area contributed by atoms with Gasteiger partial charge in [-0.2, -0.15) is 10.2 Å². The van der Waals surface area contributed by atoms with Crippen LogP contribution in [0.1, 0.15) is 40.7 Å². The van der Waals surface area contributed by atoms with E-state index >= 15 is 0 Å². The molecule has 0 amide bonds. The number of fused-ring (bicyclic) bond motifs is 1. The molecule has 3 heterocycles. The average molecular weight is 510 g/mol. The predicted octanol–water partition coefficient (Wildman–Crippen LogP) is 7.02. The van der Waals surface area contributed by atoms with Crippen molar-refractivity contribution in [2.24, 2.45) is 0 Å². The van der Waals surface area contributed by atoms with Gasteiger partial charge in [-0.15, -0.1) is 11.3 Å². The van der Waals surface area contributed by atoms with Crippen LogP contribution in [0.4, 0.5) is 5.95 Å². The monoisotopic (exact) mass is 509 g/mol. The fourth-order valence-corrected chi connectivity index (χ4v) is 5.57. The van der Waals surface area contributed by atoms with E-state index in [-0.39, 0.29) is 0 Å². The van der Waals surface area contributed by atoms with Crippen molar-refractivity contribution < 1.29 is 4.74 Å². The van der Waals surface area contributed by atoms with Crippen molar-refractivity contribution >= 4 is 33.6 Å². The van der Waals surface area contributed by atoms with E-state index in [9.17, 15) is 0 Å². The standard InChI is InChI=1S/C30H31N5OS/c1-20-6-8-23(9-7-20)19-35-14-10-25(11-15-35)32-30-33-26-12-16-37-28(26)29(34-30)36-27-21(2)17-24(5-4-13-31)18-22(27)3/h4-9,12,16-18,25H,10-11,14-15,19H2,1-3H3,(H,32,33,34)/b5-4+. The van der Waals surface area contributed by atoms with Crippen molar-refractivity contribution in [3.63, 3.8) is 0 Å². The van der Waals surface area contributed by atoms with Gasteiger partial charge in [0.15, 0.2) is 0 Å². The fraction of sp³-hybridized carbons (Fsp3) is 0.300. The molecule has 0 aliphatic carbocycles. The number of likely N-dealkylation sites (tertiary alicyclic amines) is 1. The Labute approximate surface area is 222 Å². The van der Waals surface area contributed by atoms with Gasteiger partial charge in [-0.3, -0.25) is 4.90 Å². The van der Waals surface area contributed by atoms with Crippen LogP contribution in [0.5, 0.6) is 11.6 Å². The molecule has 0 saturated carbocycles. The lowest BCUT2D eigenvalue weighted by atomic mass is 10.0. The molecule has 0 spiro atoms. The Kier molecular flexibility index (Phi) is 7.50. The maximum atomic E-state index is 8.84. The summed E-state index contributed by atoms with van der Waals surface area (Å²) in [4.78, 5) is 12.1. The van der Waals surface area contributed by atoms with Crippen LogP contribution in [0, 0.1) is 32.1 Å². The Hall–Kier alpha value is -3.73. The van der Waals surface area contributed by atoms with Crippen LogP contribution in [-0.2, 0) is 6.54 Å². The van der Waals surface area contributed by atoms with Gasteiger partial charge < -0.3 is 10.1 Å². The zero-order valence-corrected chi connectivity index (χ0v) is 22.3. The van der Waals surface area contributed by atoms with Gasteiger partial charge in [-0.05, 0) is 85.5 Å². The van der Waals surface area contributed by atoms with Crippen LogP contribution < -0.4 is 10.1 Å². The van der Waals surface area contributed by atoms with Gasteiger partial charge in [0, 0.05) is 31.8 Å². The number of aromatic nitrogens is 2. The second kappa shape index (κ2) is 11.1. The first-order valence-corrected chi connectivity index (χ1v) is 13.5. The normalized spacial score (nSPS) is 14.8. The van der Waals surface area contributed by atoms with Crippen molar-refractivity contribution in [1.82, 2.24) is 14.9 Å². The van der Waals surface area contributed by atoms with E-state index in [0.717, 1.165) is 65.1 Å². The topological polar surface area (TPSA) is 74.1 Å². The minimum atomic E-state index is 0.327. The number of allylic oxidation sites excluding steroid dienone is 1. The number of nitrogens with one attached hydrogen (secondary N) is 1. The highest BCUT2D eigenvalue weighted by Crippen LogP contribution is 2.36. The van der Waals surface area contributed by atoms with Gasteiger partial charge in [-0.25, -0.2) is 4.98 Å². The van der Waals surface area contributed by atoms with E-state index in [4.69, 9.17) is 20.0 Å². The van der Waals surface area contributed by atoms with Crippen LogP contribution in [0.3, 0.4) is 0 Å². The molecule has 0 radical (unpaired) electrons. The highest BCUT2D eigenvalue weighted by atomic mass is 32.1. The van der Waals surface area contributed by atoms with E-state index in [1.165, 1.54) is 17.2 Å². The third-order valence-corrected chi connectivity index (χ3v) is 7.64. The number of benzene rings is 2. The molecule has 0 unspecified atom stereocenters. The van der Waals surface area contributed by atoms with Crippen LogP contribution in [0.25, 0.3) is 16.3 Å². The molecular weight excluding hydrogens is 478 g/mol. The molecule has 1 aliphatic heterocycles. The van der Waals surface area contributed by atoms with E-state index < -0.39 is 0 Å². The van der Waals surface area contributed by atoms with E-state index in [2.05, 4.69) is 41.4 Å². The number of ether oxygens (including phenoxy) is 1. The highest BCUT2D eigenvalue weighted by Gasteiger charge is 2.21. The first-order chi connectivity index (χ1) is 18.0. The van der Waals surface area contributed by atoms with Gasteiger partial charge in [0.25, 0.3) is 0 Å². The van der Waals surface area contributed by atoms with Gasteiger partial charge in [0.2, 0.25) is 11.8 Å². The summed E-state index contributed by atoms with van der Waals surface area (Å²) in [5.74, 6) is 1.98. The number of aryl methyl sites for hydroxylation is 3. The van der Waals surface area contributed by atoms with E-state index in [1.807, 2.05) is 43.5 Å². The molecule has 1 fully saturated rings. The lowest BCUT2D eigenvalue weighted by Gasteiger charge is -2.32. The van der Waals surface area contributed by atoms with Crippen LogP contribution in [-0.4, -0.2) is 34.0 Å². The number of hydrogen-bond donors (Lipinski definition) is 1. The summed E-state index contributed by atoms with van der Waals surface area (Å²) in [7, 11) is 0. The summed E-state index contributed by atoms with van der Waals surface area (Å²) in [5, 5.41) is 14.4. The summed E-state index contributed by atoms with van der Waals surface area (Å²) >= 11 is 1.58. The number of piperidine rings is 1. The zero-order chi connectivity index (χ0) is 25.8.